The molecule has 1 saturated heterocycles. The number of ether oxygens (including phenoxy) is 1. The van der Waals surface area contributed by atoms with Crippen molar-refractivity contribution in [1.82, 2.24) is 0 Å². The summed E-state index contributed by atoms with van der Waals surface area (Å²) in [5, 5.41) is 0. The Balaban J connectivity index is 2.00. The molecule has 0 unspecified atom stereocenters. The summed E-state index contributed by atoms with van der Waals surface area (Å²) in [4.78, 5) is 1.27. The summed E-state index contributed by atoms with van der Waals surface area (Å²) >= 11 is 7.46. The molecule has 1 nitrogen and oxygen atoms in total. The molecule has 0 aromatic heterocycles. The van der Waals surface area contributed by atoms with Gasteiger partial charge >= 0.3 is 0 Å². The van der Waals surface area contributed by atoms with E-state index in [0.29, 0.717) is 9.65 Å². The topological polar surface area (TPSA) is 9.23 Å². The molecule has 3 heteroatoms. The van der Waals surface area contributed by atoms with Gasteiger partial charge in [0.05, 0.1) is 5.60 Å². The van der Waals surface area contributed by atoms with Crippen LogP contribution in [0.2, 0.25) is 0 Å². The van der Waals surface area contributed by atoms with Gasteiger partial charge in [-0.05, 0) is 38.5 Å². The fraction of sp³-hybridized carbons (Fsp3) is 1.00. The molecule has 0 bridgehead atoms. The minimum absolute atomic E-state index is 0.258. The minimum atomic E-state index is 0.258. The third-order valence-electron chi connectivity index (χ3n) is 3.33. The fourth-order valence-corrected chi connectivity index (χ4v) is 3.42. The monoisotopic (exact) mass is 310 g/mol. The molecule has 0 N–H and O–H groups in total. The Morgan fingerprint density at radius 3 is 2.08 bits per heavy atom. The maximum absolute atomic E-state index is 5.92. The first-order chi connectivity index (χ1) is 6.22. The molecule has 1 spiro atoms. The van der Waals surface area contributed by atoms with Gasteiger partial charge in [0, 0.05) is 16.3 Å². The molecule has 1 aliphatic heterocycles. The molecule has 0 amide bonds. The summed E-state index contributed by atoms with van der Waals surface area (Å²) in [7, 11) is 0. The van der Waals surface area contributed by atoms with Gasteiger partial charge in [-0.2, -0.15) is 0 Å². The lowest BCUT2D eigenvalue weighted by atomic mass is 9.91. The maximum Gasteiger partial charge on any atom is 0.0684 e. The largest absolute Gasteiger partial charge is 0.375 e. The zero-order valence-electron chi connectivity index (χ0n) is 7.77. The zero-order chi connectivity index (χ0) is 9.31. The van der Waals surface area contributed by atoms with Crippen LogP contribution in [0.1, 0.15) is 38.5 Å². The van der Waals surface area contributed by atoms with Crippen molar-refractivity contribution in [2.45, 2.75) is 53.8 Å². The fourth-order valence-electron chi connectivity index (χ4n) is 2.44. The molecule has 13 heavy (non-hydrogen) atoms. The Morgan fingerprint density at radius 1 is 1.00 bits per heavy atom. The standard InChI is InChI=1S/C10H16Br2O/c11-8-2-5-10(4-1-7-13-10)6-3-9(8)12/h8-9H,1-7H2/t8-,9-/m1/s1. The van der Waals surface area contributed by atoms with Gasteiger partial charge in [0.2, 0.25) is 0 Å². The van der Waals surface area contributed by atoms with E-state index < -0.39 is 0 Å². The highest BCUT2D eigenvalue weighted by atomic mass is 79.9. The van der Waals surface area contributed by atoms with E-state index in [1.54, 1.807) is 0 Å². The average Bonchev–Trinajstić information content (AvgIpc) is 2.54. The molecular weight excluding hydrogens is 296 g/mol. The highest BCUT2D eigenvalue weighted by Crippen LogP contribution is 2.41. The van der Waals surface area contributed by atoms with E-state index in [2.05, 4.69) is 31.9 Å². The predicted octanol–water partition coefficient (Wildman–Crippen LogP) is 3.64. The number of hydrogen-bond acceptors (Lipinski definition) is 1. The smallest absolute Gasteiger partial charge is 0.0684 e. The molecule has 1 saturated carbocycles. The van der Waals surface area contributed by atoms with E-state index in [4.69, 9.17) is 4.74 Å². The van der Waals surface area contributed by atoms with Crippen molar-refractivity contribution >= 4 is 31.9 Å². The lowest BCUT2D eigenvalue weighted by Gasteiger charge is -2.26. The van der Waals surface area contributed by atoms with E-state index >= 15 is 0 Å². The molecule has 0 aromatic rings. The zero-order valence-corrected chi connectivity index (χ0v) is 10.9. The van der Waals surface area contributed by atoms with E-state index in [1.807, 2.05) is 0 Å². The highest BCUT2D eigenvalue weighted by Gasteiger charge is 2.38. The molecule has 76 valence electrons. The van der Waals surface area contributed by atoms with Gasteiger partial charge < -0.3 is 4.74 Å². The summed E-state index contributed by atoms with van der Waals surface area (Å²) in [5.41, 5.74) is 0.258. The van der Waals surface area contributed by atoms with Crippen LogP contribution in [0.5, 0.6) is 0 Å². The summed E-state index contributed by atoms with van der Waals surface area (Å²) in [6.45, 7) is 0.986. The minimum Gasteiger partial charge on any atom is -0.375 e. The highest BCUT2D eigenvalue weighted by molar-refractivity contribution is 9.12. The van der Waals surface area contributed by atoms with Crippen LogP contribution in [-0.2, 0) is 4.74 Å². The van der Waals surface area contributed by atoms with Gasteiger partial charge in [0.15, 0.2) is 0 Å². The van der Waals surface area contributed by atoms with Gasteiger partial charge in [-0.3, -0.25) is 0 Å². The van der Waals surface area contributed by atoms with Crippen molar-refractivity contribution in [3.8, 4) is 0 Å². The Bertz CT molecular complexity index is 164. The van der Waals surface area contributed by atoms with Gasteiger partial charge in [-0.15, -0.1) is 0 Å². The van der Waals surface area contributed by atoms with Crippen LogP contribution in [-0.4, -0.2) is 21.9 Å². The number of rotatable bonds is 0. The van der Waals surface area contributed by atoms with Gasteiger partial charge in [0.1, 0.15) is 0 Å². The lowest BCUT2D eigenvalue weighted by molar-refractivity contribution is -0.00759. The molecule has 0 aromatic carbocycles. The van der Waals surface area contributed by atoms with Crippen LogP contribution < -0.4 is 0 Å². The number of halogens is 2. The van der Waals surface area contributed by atoms with Crippen molar-refractivity contribution in [2.75, 3.05) is 6.61 Å². The van der Waals surface area contributed by atoms with Crippen LogP contribution in [0.25, 0.3) is 0 Å². The van der Waals surface area contributed by atoms with E-state index in [9.17, 15) is 0 Å². The Hall–Kier alpha value is 0.920. The quantitative estimate of drug-likeness (QED) is 0.621. The van der Waals surface area contributed by atoms with Gasteiger partial charge in [-0.25, -0.2) is 0 Å². The van der Waals surface area contributed by atoms with Crippen molar-refractivity contribution < 1.29 is 4.74 Å². The van der Waals surface area contributed by atoms with Crippen LogP contribution in [0, 0.1) is 0 Å². The third kappa shape index (κ3) is 2.29. The molecule has 2 rings (SSSR count). The Kier molecular flexibility index (Phi) is 3.37. The van der Waals surface area contributed by atoms with Crippen LogP contribution in [0.4, 0.5) is 0 Å². The van der Waals surface area contributed by atoms with Crippen LogP contribution in [0.3, 0.4) is 0 Å². The lowest BCUT2D eigenvalue weighted by Crippen LogP contribution is -2.26. The number of alkyl halides is 2. The second-order valence-corrected chi connectivity index (χ2v) is 6.60. The van der Waals surface area contributed by atoms with Crippen LogP contribution >= 0.6 is 31.9 Å². The SMILES string of the molecule is Br[C@@H]1CCC2(CCCO2)CC[C@H]1Br. The molecule has 2 fully saturated rings. The van der Waals surface area contributed by atoms with Gasteiger partial charge in [0.25, 0.3) is 0 Å². The predicted molar refractivity (Wildman–Crippen MR) is 61.8 cm³/mol. The van der Waals surface area contributed by atoms with E-state index in [-0.39, 0.29) is 5.60 Å². The molecule has 2 aliphatic rings. The summed E-state index contributed by atoms with van der Waals surface area (Å²) in [6.07, 6.45) is 7.52. The summed E-state index contributed by atoms with van der Waals surface area (Å²) in [5.74, 6) is 0. The first kappa shape index (κ1) is 10.4. The number of hydrogen-bond donors (Lipinski definition) is 0. The second-order valence-electron chi connectivity index (χ2n) is 4.24. The normalized spacial score (nSPS) is 39.2. The molecule has 0 radical (unpaired) electrons. The first-order valence-electron chi connectivity index (χ1n) is 5.14. The molecular formula is C10H16Br2O. The third-order valence-corrected chi connectivity index (χ3v) is 6.23. The summed E-state index contributed by atoms with van der Waals surface area (Å²) in [6, 6.07) is 0. The molecule has 1 heterocycles. The van der Waals surface area contributed by atoms with Crippen molar-refractivity contribution in [2.24, 2.45) is 0 Å². The van der Waals surface area contributed by atoms with E-state index in [0.717, 1.165) is 6.61 Å². The summed E-state index contributed by atoms with van der Waals surface area (Å²) < 4.78 is 5.92. The average molecular weight is 312 g/mol. The maximum atomic E-state index is 5.92. The molecule has 2 atom stereocenters. The Labute approximate surface area is 96.9 Å². The first-order valence-corrected chi connectivity index (χ1v) is 6.97. The molecule has 1 aliphatic carbocycles. The second kappa shape index (κ2) is 4.19. The Morgan fingerprint density at radius 2 is 1.62 bits per heavy atom. The van der Waals surface area contributed by atoms with Crippen molar-refractivity contribution in [1.29, 1.82) is 0 Å². The van der Waals surface area contributed by atoms with Crippen molar-refractivity contribution in [3.63, 3.8) is 0 Å². The van der Waals surface area contributed by atoms with Crippen molar-refractivity contribution in [3.05, 3.63) is 0 Å². The van der Waals surface area contributed by atoms with E-state index in [1.165, 1.54) is 38.5 Å². The van der Waals surface area contributed by atoms with Crippen LogP contribution in [0.15, 0.2) is 0 Å². The van der Waals surface area contributed by atoms with Gasteiger partial charge in [-0.1, -0.05) is 31.9 Å².